The number of aryl methyl sites for hydroxylation is 1. The van der Waals surface area contributed by atoms with Crippen LogP contribution in [-0.4, -0.2) is 4.98 Å². The minimum atomic E-state index is 0.532. The van der Waals surface area contributed by atoms with E-state index in [0.717, 1.165) is 16.5 Å². The van der Waals surface area contributed by atoms with Crippen LogP contribution in [0.2, 0.25) is 5.15 Å². The molecule has 0 fully saturated rings. The fraction of sp³-hybridized carbons (Fsp3) is 0.0625. The van der Waals surface area contributed by atoms with Crippen LogP contribution >= 0.6 is 11.6 Å². The second-order valence-corrected chi connectivity index (χ2v) is 4.76. The van der Waals surface area contributed by atoms with Crippen molar-refractivity contribution in [3.8, 4) is 11.1 Å². The molecule has 0 aliphatic carbocycles. The Morgan fingerprint density at radius 3 is 2.44 bits per heavy atom. The standard InChI is InChI=1S/C16H12ClN/c1-11-6-8-12(9-7-11)14-10-16(17)18-15-5-3-2-4-13(14)15/h2-10H,1H3. The van der Waals surface area contributed by atoms with Gasteiger partial charge < -0.3 is 0 Å². The van der Waals surface area contributed by atoms with Crippen LogP contribution in [0.5, 0.6) is 0 Å². The van der Waals surface area contributed by atoms with Gasteiger partial charge in [0, 0.05) is 5.39 Å². The van der Waals surface area contributed by atoms with Gasteiger partial charge in [0.2, 0.25) is 0 Å². The molecule has 0 radical (unpaired) electrons. The van der Waals surface area contributed by atoms with Crippen molar-refractivity contribution < 1.29 is 0 Å². The van der Waals surface area contributed by atoms with Crippen LogP contribution in [0.4, 0.5) is 0 Å². The summed E-state index contributed by atoms with van der Waals surface area (Å²) in [6, 6.07) is 18.4. The largest absolute Gasteiger partial charge is 0.236 e. The Labute approximate surface area is 111 Å². The molecule has 1 nitrogen and oxygen atoms in total. The molecule has 0 aliphatic rings. The highest BCUT2D eigenvalue weighted by atomic mass is 35.5. The molecular weight excluding hydrogens is 242 g/mol. The Morgan fingerprint density at radius 2 is 1.67 bits per heavy atom. The number of hydrogen-bond donors (Lipinski definition) is 0. The zero-order valence-corrected chi connectivity index (χ0v) is 10.8. The van der Waals surface area contributed by atoms with Crippen LogP contribution < -0.4 is 0 Å². The monoisotopic (exact) mass is 253 g/mol. The molecule has 3 aromatic rings. The average molecular weight is 254 g/mol. The van der Waals surface area contributed by atoms with Crippen molar-refractivity contribution in [3.05, 3.63) is 65.3 Å². The third kappa shape index (κ3) is 1.98. The molecule has 0 saturated carbocycles. The lowest BCUT2D eigenvalue weighted by atomic mass is 10.0. The Hall–Kier alpha value is -1.86. The predicted octanol–water partition coefficient (Wildman–Crippen LogP) is 4.86. The SMILES string of the molecule is Cc1ccc(-c2cc(Cl)nc3ccccc23)cc1. The van der Waals surface area contributed by atoms with Gasteiger partial charge in [0.25, 0.3) is 0 Å². The number of fused-ring (bicyclic) bond motifs is 1. The molecule has 18 heavy (non-hydrogen) atoms. The van der Waals surface area contributed by atoms with Gasteiger partial charge in [-0.05, 0) is 30.2 Å². The first-order chi connectivity index (χ1) is 8.74. The van der Waals surface area contributed by atoms with E-state index in [2.05, 4.69) is 42.2 Å². The number of rotatable bonds is 1. The van der Waals surface area contributed by atoms with Crippen molar-refractivity contribution in [1.82, 2.24) is 4.98 Å². The first-order valence-electron chi connectivity index (χ1n) is 5.86. The maximum Gasteiger partial charge on any atom is 0.130 e. The second kappa shape index (κ2) is 4.43. The van der Waals surface area contributed by atoms with Gasteiger partial charge in [-0.3, -0.25) is 0 Å². The molecule has 3 rings (SSSR count). The number of pyridine rings is 1. The van der Waals surface area contributed by atoms with E-state index < -0.39 is 0 Å². The fourth-order valence-electron chi connectivity index (χ4n) is 2.12. The molecule has 0 spiro atoms. The topological polar surface area (TPSA) is 12.9 Å². The number of halogens is 1. The normalized spacial score (nSPS) is 10.8. The molecular formula is C16H12ClN. The van der Waals surface area contributed by atoms with E-state index in [1.54, 1.807) is 0 Å². The van der Waals surface area contributed by atoms with Gasteiger partial charge in [0.1, 0.15) is 5.15 Å². The molecule has 1 heterocycles. The Morgan fingerprint density at radius 1 is 0.944 bits per heavy atom. The van der Waals surface area contributed by atoms with E-state index in [0.29, 0.717) is 5.15 Å². The van der Waals surface area contributed by atoms with Crippen LogP contribution in [0, 0.1) is 6.92 Å². The lowest BCUT2D eigenvalue weighted by Gasteiger charge is -2.07. The average Bonchev–Trinajstić information content (AvgIpc) is 2.38. The summed E-state index contributed by atoms with van der Waals surface area (Å²) in [6.45, 7) is 2.08. The van der Waals surface area contributed by atoms with Crippen molar-refractivity contribution in [2.24, 2.45) is 0 Å². The highest BCUT2D eigenvalue weighted by Gasteiger charge is 2.06. The first-order valence-corrected chi connectivity index (χ1v) is 6.24. The summed E-state index contributed by atoms with van der Waals surface area (Å²) in [7, 11) is 0. The Bertz CT molecular complexity index is 702. The van der Waals surface area contributed by atoms with Crippen LogP contribution in [0.25, 0.3) is 22.0 Å². The zero-order chi connectivity index (χ0) is 12.5. The fourth-order valence-corrected chi connectivity index (χ4v) is 2.32. The van der Waals surface area contributed by atoms with Crippen LogP contribution in [0.3, 0.4) is 0 Å². The predicted molar refractivity (Wildman–Crippen MR) is 76.9 cm³/mol. The second-order valence-electron chi connectivity index (χ2n) is 4.38. The quantitative estimate of drug-likeness (QED) is 0.564. The van der Waals surface area contributed by atoms with Crippen molar-refractivity contribution in [3.63, 3.8) is 0 Å². The van der Waals surface area contributed by atoms with Crippen LogP contribution in [-0.2, 0) is 0 Å². The molecule has 0 N–H and O–H groups in total. The summed E-state index contributed by atoms with van der Waals surface area (Å²) in [5.74, 6) is 0. The number of hydrogen-bond acceptors (Lipinski definition) is 1. The summed E-state index contributed by atoms with van der Waals surface area (Å²) in [5.41, 5.74) is 4.48. The maximum absolute atomic E-state index is 6.09. The minimum absolute atomic E-state index is 0.532. The molecule has 0 atom stereocenters. The van der Waals surface area contributed by atoms with Gasteiger partial charge in [-0.2, -0.15) is 0 Å². The van der Waals surface area contributed by atoms with Gasteiger partial charge in [-0.25, -0.2) is 4.98 Å². The maximum atomic E-state index is 6.09. The molecule has 0 aliphatic heterocycles. The third-order valence-electron chi connectivity index (χ3n) is 3.05. The lowest BCUT2D eigenvalue weighted by Crippen LogP contribution is -1.86. The van der Waals surface area contributed by atoms with Gasteiger partial charge in [-0.1, -0.05) is 59.6 Å². The summed E-state index contributed by atoms with van der Waals surface area (Å²) in [5, 5.41) is 1.66. The number of aromatic nitrogens is 1. The minimum Gasteiger partial charge on any atom is -0.236 e. The van der Waals surface area contributed by atoms with E-state index in [1.165, 1.54) is 11.1 Å². The lowest BCUT2D eigenvalue weighted by molar-refractivity contribution is 1.40. The van der Waals surface area contributed by atoms with Gasteiger partial charge in [-0.15, -0.1) is 0 Å². The molecule has 0 amide bonds. The molecule has 0 bridgehead atoms. The number of nitrogens with zero attached hydrogens (tertiary/aromatic N) is 1. The van der Waals surface area contributed by atoms with Crippen LogP contribution in [0.1, 0.15) is 5.56 Å². The highest BCUT2D eigenvalue weighted by Crippen LogP contribution is 2.30. The smallest absolute Gasteiger partial charge is 0.130 e. The van der Waals surface area contributed by atoms with Gasteiger partial charge >= 0.3 is 0 Å². The van der Waals surface area contributed by atoms with Crippen molar-refractivity contribution in [2.75, 3.05) is 0 Å². The van der Waals surface area contributed by atoms with E-state index >= 15 is 0 Å². The summed E-state index contributed by atoms with van der Waals surface area (Å²) in [6.07, 6.45) is 0. The van der Waals surface area contributed by atoms with Crippen molar-refractivity contribution in [1.29, 1.82) is 0 Å². The van der Waals surface area contributed by atoms with Crippen molar-refractivity contribution >= 4 is 22.5 Å². The molecule has 2 aromatic carbocycles. The third-order valence-corrected chi connectivity index (χ3v) is 3.24. The van der Waals surface area contributed by atoms with E-state index in [1.807, 2.05) is 24.3 Å². The zero-order valence-electron chi connectivity index (χ0n) is 10.0. The van der Waals surface area contributed by atoms with E-state index in [-0.39, 0.29) is 0 Å². The number of para-hydroxylation sites is 1. The van der Waals surface area contributed by atoms with Gasteiger partial charge in [0.05, 0.1) is 5.52 Å². The van der Waals surface area contributed by atoms with E-state index in [9.17, 15) is 0 Å². The molecule has 0 saturated heterocycles. The van der Waals surface area contributed by atoms with Crippen LogP contribution in [0.15, 0.2) is 54.6 Å². The van der Waals surface area contributed by atoms with E-state index in [4.69, 9.17) is 11.6 Å². The Balaban J connectivity index is 2.31. The number of benzene rings is 2. The van der Waals surface area contributed by atoms with Gasteiger partial charge in [0.15, 0.2) is 0 Å². The molecule has 88 valence electrons. The molecule has 2 heteroatoms. The highest BCUT2D eigenvalue weighted by molar-refractivity contribution is 6.30. The summed E-state index contributed by atoms with van der Waals surface area (Å²) >= 11 is 6.09. The van der Waals surface area contributed by atoms with Crippen molar-refractivity contribution in [2.45, 2.75) is 6.92 Å². The first kappa shape index (κ1) is 11.2. The summed E-state index contributed by atoms with van der Waals surface area (Å²) < 4.78 is 0. The molecule has 0 unspecified atom stereocenters. The summed E-state index contributed by atoms with van der Waals surface area (Å²) in [4.78, 5) is 4.34. The Kier molecular flexibility index (Phi) is 2.77. The molecule has 1 aromatic heterocycles.